The summed E-state index contributed by atoms with van der Waals surface area (Å²) >= 11 is 0. The number of carboxylic acids is 1. The summed E-state index contributed by atoms with van der Waals surface area (Å²) in [5.41, 5.74) is 4.19. The molecule has 1 fully saturated rings. The molecule has 0 radical (unpaired) electrons. The molecule has 4 rings (SSSR count). The lowest BCUT2D eigenvalue weighted by molar-refractivity contribution is -0.144. The van der Waals surface area contributed by atoms with Crippen molar-refractivity contribution in [3.05, 3.63) is 59.7 Å². The Bertz CT molecular complexity index is 1030. The van der Waals surface area contributed by atoms with E-state index in [0.29, 0.717) is 13.0 Å². The first-order valence-electron chi connectivity index (χ1n) is 12.6. The number of carboxylic acid groups (broad SMARTS) is 1. The van der Waals surface area contributed by atoms with Gasteiger partial charge in [0.2, 0.25) is 5.91 Å². The molecule has 0 atom stereocenters. The number of carbonyl (C=O) groups excluding carboxylic acids is 2. The van der Waals surface area contributed by atoms with E-state index in [1.807, 2.05) is 24.3 Å². The second-order valence-corrected chi connectivity index (χ2v) is 9.59. The van der Waals surface area contributed by atoms with Crippen molar-refractivity contribution in [1.29, 1.82) is 0 Å². The van der Waals surface area contributed by atoms with Crippen LogP contribution in [0.15, 0.2) is 48.5 Å². The SMILES string of the molecule is CCN(CC(=O)O)C(=O)CCC1(NC(=O)OCC2c3ccccc3-c3ccccc32)CCCCC1. The standard InChI is InChI=1S/C28H34N2O5/c1-2-30(18-26(32)33)25(31)14-17-28(15-8-3-9-16-28)29-27(34)35-19-24-22-12-6-4-10-20(22)21-11-5-7-13-23(21)24/h4-7,10-13,24H,2-3,8-9,14-19H2,1H3,(H,29,34)(H,32,33). The number of rotatable bonds is 9. The number of amides is 2. The van der Waals surface area contributed by atoms with Crippen LogP contribution in [0.4, 0.5) is 4.79 Å². The highest BCUT2D eigenvalue weighted by Gasteiger charge is 2.36. The zero-order valence-electron chi connectivity index (χ0n) is 20.3. The molecule has 0 aliphatic heterocycles. The van der Waals surface area contributed by atoms with E-state index in [9.17, 15) is 14.4 Å². The molecule has 2 amide bonds. The molecule has 7 heteroatoms. The molecule has 0 saturated heterocycles. The number of likely N-dealkylation sites (N-methyl/N-ethyl adjacent to an activating group) is 1. The monoisotopic (exact) mass is 478 g/mol. The van der Waals surface area contributed by atoms with E-state index in [1.165, 1.54) is 16.0 Å². The van der Waals surface area contributed by atoms with Crippen molar-refractivity contribution in [2.45, 2.75) is 63.3 Å². The van der Waals surface area contributed by atoms with Crippen LogP contribution in [0.2, 0.25) is 0 Å². The van der Waals surface area contributed by atoms with E-state index in [4.69, 9.17) is 9.84 Å². The molecule has 2 aromatic rings. The summed E-state index contributed by atoms with van der Waals surface area (Å²) in [5.74, 6) is -1.23. The van der Waals surface area contributed by atoms with Gasteiger partial charge < -0.3 is 20.1 Å². The second-order valence-electron chi connectivity index (χ2n) is 9.59. The van der Waals surface area contributed by atoms with Gasteiger partial charge in [0.05, 0.1) is 0 Å². The zero-order valence-corrected chi connectivity index (χ0v) is 20.3. The average Bonchev–Trinajstić information content (AvgIpc) is 3.19. The van der Waals surface area contributed by atoms with Gasteiger partial charge in [0, 0.05) is 24.4 Å². The fourth-order valence-electron chi connectivity index (χ4n) is 5.56. The minimum Gasteiger partial charge on any atom is -0.480 e. The van der Waals surface area contributed by atoms with Gasteiger partial charge in [-0.05, 0) is 48.4 Å². The molecule has 35 heavy (non-hydrogen) atoms. The molecule has 0 unspecified atom stereocenters. The van der Waals surface area contributed by atoms with Crippen molar-refractivity contribution in [1.82, 2.24) is 10.2 Å². The van der Waals surface area contributed by atoms with Gasteiger partial charge in [0.25, 0.3) is 0 Å². The minimum atomic E-state index is -1.02. The van der Waals surface area contributed by atoms with Gasteiger partial charge in [-0.1, -0.05) is 67.8 Å². The third-order valence-corrected chi connectivity index (χ3v) is 7.40. The smallest absolute Gasteiger partial charge is 0.407 e. The van der Waals surface area contributed by atoms with Crippen LogP contribution >= 0.6 is 0 Å². The van der Waals surface area contributed by atoms with Gasteiger partial charge in [0.15, 0.2) is 0 Å². The van der Waals surface area contributed by atoms with Gasteiger partial charge >= 0.3 is 12.1 Å². The summed E-state index contributed by atoms with van der Waals surface area (Å²) in [6.45, 7) is 2.06. The highest BCUT2D eigenvalue weighted by Crippen LogP contribution is 2.44. The van der Waals surface area contributed by atoms with E-state index in [2.05, 4.69) is 29.6 Å². The molecule has 0 aromatic heterocycles. The van der Waals surface area contributed by atoms with Crippen molar-refractivity contribution in [2.75, 3.05) is 19.7 Å². The van der Waals surface area contributed by atoms with E-state index in [0.717, 1.165) is 43.2 Å². The van der Waals surface area contributed by atoms with E-state index in [-0.39, 0.29) is 31.4 Å². The van der Waals surface area contributed by atoms with Crippen molar-refractivity contribution >= 4 is 18.0 Å². The number of nitrogens with zero attached hydrogens (tertiary/aromatic N) is 1. The molecule has 0 spiro atoms. The van der Waals surface area contributed by atoms with Gasteiger partial charge in [-0.25, -0.2) is 4.79 Å². The fourth-order valence-corrected chi connectivity index (χ4v) is 5.56. The summed E-state index contributed by atoms with van der Waals surface area (Å²) in [7, 11) is 0. The van der Waals surface area contributed by atoms with Crippen molar-refractivity contribution in [3.8, 4) is 11.1 Å². The lowest BCUT2D eigenvalue weighted by atomic mass is 9.78. The number of carbonyl (C=O) groups is 3. The number of benzene rings is 2. The van der Waals surface area contributed by atoms with Gasteiger partial charge in [-0.2, -0.15) is 0 Å². The zero-order chi connectivity index (χ0) is 24.8. The number of hydrogen-bond donors (Lipinski definition) is 2. The Morgan fingerprint density at radius 3 is 2.17 bits per heavy atom. The highest BCUT2D eigenvalue weighted by molar-refractivity contribution is 5.81. The van der Waals surface area contributed by atoms with E-state index >= 15 is 0 Å². The number of nitrogens with one attached hydrogen (secondary N) is 1. The number of hydrogen-bond acceptors (Lipinski definition) is 4. The maximum atomic E-state index is 13.0. The molecular weight excluding hydrogens is 444 g/mol. The van der Waals surface area contributed by atoms with E-state index in [1.54, 1.807) is 6.92 Å². The number of aliphatic carboxylic acids is 1. The number of ether oxygens (including phenoxy) is 1. The largest absolute Gasteiger partial charge is 0.480 e. The first-order valence-corrected chi connectivity index (χ1v) is 12.6. The topological polar surface area (TPSA) is 95.9 Å². The third kappa shape index (κ3) is 5.66. The third-order valence-electron chi connectivity index (χ3n) is 7.40. The molecule has 0 heterocycles. The Kier molecular flexibility index (Phi) is 7.73. The van der Waals surface area contributed by atoms with Crippen molar-refractivity contribution < 1.29 is 24.2 Å². The molecular formula is C28H34N2O5. The lowest BCUT2D eigenvalue weighted by Crippen LogP contribution is -2.51. The predicted octanol–water partition coefficient (Wildman–Crippen LogP) is 4.94. The molecule has 2 N–H and O–H groups in total. The predicted molar refractivity (Wildman–Crippen MR) is 133 cm³/mol. The van der Waals surface area contributed by atoms with Crippen molar-refractivity contribution in [3.63, 3.8) is 0 Å². The fraction of sp³-hybridized carbons (Fsp3) is 0.464. The molecule has 2 aromatic carbocycles. The lowest BCUT2D eigenvalue weighted by Gasteiger charge is -2.38. The quantitative estimate of drug-likeness (QED) is 0.532. The van der Waals surface area contributed by atoms with Crippen LogP contribution in [0.5, 0.6) is 0 Å². The summed E-state index contributed by atoms with van der Waals surface area (Å²) in [6, 6.07) is 16.5. The maximum Gasteiger partial charge on any atom is 0.407 e. The molecule has 0 bridgehead atoms. The normalized spacial score (nSPS) is 16.1. The maximum absolute atomic E-state index is 13.0. The molecule has 1 saturated carbocycles. The highest BCUT2D eigenvalue weighted by atomic mass is 16.5. The molecule has 2 aliphatic carbocycles. The Morgan fingerprint density at radius 1 is 1.00 bits per heavy atom. The summed E-state index contributed by atoms with van der Waals surface area (Å²) in [5, 5.41) is 12.2. The first-order chi connectivity index (χ1) is 16.9. The minimum absolute atomic E-state index is 0.00818. The van der Waals surface area contributed by atoms with Crippen LogP contribution in [0.1, 0.15) is 68.9 Å². The molecule has 2 aliphatic rings. The van der Waals surface area contributed by atoms with Crippen LogP contribution in [-0.2, 0) is 14.3 Å². The van der Waals surface area contributed by atoms with Gasteiger partial charge in [-0.3, -0.25) is 9.59 Å². The summed E-state index contributed by atoms with van der Waals surface area (Å²) in [6.07, 6.45) is 4.85. The Hall–Kier alpha value is -3.35. The summed E-state index contributed by atoms with van der Waals surface area (Å²) < 4.78 is 5.77. The Morgan fingerprint density at radius 2 is 1.60 bits per heavy atom. The second kappa shape index (κ2) is 10.9. The average molecular weight is 479 g/mol. The van der Waals surface area contributed by atoms with Crippen LogP contribution in [0.25, 0.3) is 11.1 Å². The number of alkyl carbamates (subject to hydrolysis) is 1. The van der Waals surface area contributed by atoms with E-state index < -0.39 is 17.6 Å². The van der Waals surface area contributed by atoms with Crippen LogP contribution < -0.4 is 5.32 Å². The Labute approximate surface area is 206 Å². The van der Waals surface area contributed by atoms with Gasteiger partial charge in [-0.15, -0.1) is 0 Å². The van der Waals surface area contributed by atoms with Crippen molar-refractivity contribution in [2.24, 2.45) is 0 Å². The van der Waals surface area contributed by atoms with Crippen LogP contribution in [0.3, 0.4) is 0 Å². The Balaban J connectivity index is 1.40. The number of fused-ring (bicyclic) bond motifs is 3. The molecule has 7 nitrogen and oxygen atoms in total. The first kappa shape index (κ1) is 24.8. The van der Waals surface area contributed by atoms with Gasteiger partial charge in [0.1, 0.15) is 13.2 Å². The summed E-state index contributed by atoms with van der Waals surface area (Å²) in [4.78, 5) is 38.0. The van der Waals surface area contributed by atoms with Crippen LogP contribution in [-0.4, -0.2) is 53.2 Å². The molecule has 186 valence electrons. The van der Waals surface area contributed by atoms with Crippen LogP contribution in [0, 0.1) is 0 Å².